The van der Waals surface area contributed by atoms with Gasteiger partial charge in [-0.3, -0.25) is 0 Å². The van der Waals surface area contributed by atoms with Crippen LogP contribution in [0.5, 0.6) is 0 Å². The number of azo groups is 1. The molecular weight excluding hydrogens is 582 g/mol. The highest BCUT2D eigenvalue weighted by molar-refractivity contribution is 7.20. The Morgan fingerprint density at radius 2 is 1.48 bits per heavy atom. The molecule has 5 rings (SSSR count). The van der Waals surface area contributed by atoms with Gasteiger partial charge in [-0.2, -0.15) is 14.8 Å². The number of ether oxygens (including phenoxy) is 2. The fraction of sp³-hybridized carbons (Fsp3) is 0.333. The third-order valence-corrected chi connectivity index (χ3v) is 7.59. The molecule has 0 atom stereocenters. The van der Waals surface area contributed by atoms with E-state index in [9.17, 15) is 9.59 Å². The van der Waals surface area contributed by atoms with Gasteiger partial charge in [0, 0.05) is 10.8 Å². The lowest BCUT2D eigenvalue weighted by atomic mass is 9.91. The van der Waals surface area contributed by atoms with Crippen LogP contribution in [0.4, 0.5) is 17.5 Å². The number of thiazole rings is 1. The van der Waals surface area contributed by atoms with E-state index >= 15 is 0 Å². The zero-order valence-electron chi connectivity index (χ0n) is 25.7. The predicted molar refractivity (Wildman–Crippen MR) is 167 cm³/mol. The van der Waals surface area contributed by atoms with Crippen molar-refractivity contribution in [2.24, 2.45) is 10.2 Å². The maximum atomic E-state index is 12.4. The summed E-state index contributed by atoms with van der Waals surface area (Å²) in [6.07, 6.45) is 0. The zero-order valence-corrected chi connectivity index (χ0v) is 26.6. The smallest absolute Gasteiger partial charge is 0.337 e. The van der Waals surface area contributed by atoms with Gasteiger partial charge in [0.15, 0.2) is 17.3 Å². The van der Waals surface area contributed by atoms with Gasteiger partial charge < -0.3 is 15.2 Å². The van der Waals surface area contributed by atoms with Gasteiger partial charge in [0.2, 0.25) is 5.13 Å². The van der Waals surface area contributed by atoms with Crippen molar-refractivity contribution < 1.29 is 19.1 Å². The molecule has 0 aliphatic rings. The van der Waals surface area contributed by atoms with E-state index in [2.05, 4.69) is 10.2 Å². The number of rotatable bonds is 6. The monoisotopic (exact) mass is 615 g/mol. The predicted octanol–water partition coefficient (Wildman–Crippen LogP) is 6.23. The van der Waals surface area contributed by atoms with Crippen LogP contribution in [0.15, 0.2) is 52.7 Å². The number of fused-ring (bicyclic) bond motifs is 1. The van der Waals surface area contributed by atoms with Crippen molar-refractivity contribution in [1.82, 2.24) is 29.5 Å². The van der Waals surface area contributed by atoms with Gasteiger partial charge in [-0.1, -0.05) is 65.0 Å². The Bertz CT molecular complexity index is 1860. The van der Waals surface area contributed by atoms with Gasteiger partial charge in [-0.15, -0.1) is 15.3 Å². The lowest BCUT2D eigenvalue weighted by molar-refractivity contribution is 0.0599. The third-order valence-electron chi connectivity index (χ3n) is 6.57. The molecule has 2 aromatic carbocycles. The lowest BCUT2D eigenvalue weighted by Gasteiger charge is -2.15. The van der Waals surface area contributed by atoms with E-state index in [0.29, 0.717) is 28.0 Å². The number of hydrogen-bond acceptors (Lipinski definition) is 12. The number of carbonyl (C=O) groups excluding carboxylic acids is 2. The van der Waals surface area contributed by atoms with Crippen molar-refractivity contribution in [2.45, 2.75) is 52.4 Å². The Labute approximate surface area is 257 Å². The van der Waals surface area contributed by atoms with Crippen LogP contribution in [0.2, 0.25) is 0 Å². The van der Waals surface area contributed by atoms with Crippen LogP contribution in [0.3, 0.4) is 0 Å². The molecule has 13 nitrogen and oxygen atoms in total. The minimum Gasteiger partial charge on any atom is -0.465 e. The quantitative estimate of drug-likeness (QED) is 0.172. The van der Waals surface area contributed by atoms with Crippen molar-refractivity contribution in [3.05, 3.63) is 65.1 Å². The average Bonchev–Trinajstić information content (AvgIpc) is 3.69. The van der Waals surface area contributed by atoms with E-state index in [1.54, 1.807) is 4.68 Å². The number of para-hydroxylation sites is 1. The molecule has 228 valence electrons. The highest BCUT2D eigenvalue weighted by Gasteiger charge is 2.29. The molecule has 2 N–H and O–H groups in total. The Kier molecular flexibility index (Phi) is 7.80. The molecule has 0 aliphatic carbocycles. The first kappa shape index (κ1) is 30.5. The van der Waals surface area contributed by atoms with Gasteiger partial charge in [0.05, 0.1) is 46.9 Å². The molecule has 3 aromatic heterocycles. The van der Waals surface area contributed by atoms with Crippen LogP contribution in [0.25, 0.3) is 21.0 Å². The number of aromatic nitrogens is 6. The summed E-state index contributed by atoms with van der Waals surface area (Å²) in [4.78, 5) is 34.3. The summed E-state index contributed by atoms with van der Waals surface area (Å²) in [5.74, 6) is -0.342. The van der Waals surface area contributed by atoms with E-state index in [0.717, 1.165) is 10.2 Å². The van der Waals surface area contributed by atoms with Gasteiger partial charge in [-0.05, 0) is 30.3 Å². The normalized spacial score (nSPS) is 12.3. The standard InChI is InChI=1S/C30H33N9O4S/c1-29(2,3)22-21(23(31)38(36-22)18-14-16(24(40)42-7)13-17(15-18)25(41)43-8)34-35-27-33-26(30(4,5)6)37-39(27)28-32-19-11-9-10-12-20(19)44-28/h9-15H,31H2,1-8H3. The second kappa shape index (κ2) is 11.3. The Hall–Kier alpha value is -4.98. The maximum Gasteiger partial charge on any atom is 0.337 e. The highest BCUT2D eigenvalue weighted by Crippen LogP contribution is 2.38. The summed E-state index contributed by atoms with van der Waals surface area (Å²) in [6, 6.07) is 12.2. The summed E-state index contributed by atoms with van der Waals surface area (Å²) in [7, 11) is 2.51. The van der Waals surface area contributed by atoms with Crippen molar-refractivity contribution in [2.75, 3.05) is 20.0 Å². The first-order chi connectivity index (χ1) is 20.7. The van der Waals surface area contributed by atoms with Gasteiger partial charge >= 0.3 is 11.9 Å². The summed E-state index contributed by atoms with van der Waals surface area (Å²) in [6.45, 7) is 11.9. The molecule has 0 saturated carbocycles. The molecule has 0 aliphatic heterocycles. The second-order valence-electron chi connectivity index (χ2n) is 12.1. The van der Waals surface area contributed by atoms with Crippen molar-refractivity contribution in [1.29, 1.82) is 0 Å². The molecule has 3 heterocycles. The number of hydrogen-bond donors (Lipinski definition) is 1. The molecule has 0 unspecified atom stereocenters. The minimum absolute atomic E-state index is 0.124. The number of nitrogen functional groups attached to an aromatic ring is 1. The number of esters is 2. The Morgan fingerprint density at radius 1 is 0.841 bits per heavy atom. The van der Waals surface area contributed by atoms with Crippen molar-refractivity contribution in [3.8, 4) is 10.8 Å². The lowest BCUT2D eigenvalue weighted by Crippen LogP contribution is -2.14. The summed E-state index contributed by atoms with van der Waals surface area (Å²) < 4.78 is 13.8. The highest BCUT2D eigenvalue weighted by atomic mass is 32.1. The summed E-state index contributed by atoms with van der Waals surface area (Å²) in [5.41, 5.74) is 8.02. The molecule has 0 fully saturated rings. The number of methoxy groups -OCH3 is 2. The van der Waals surface area contributed by atoms with Crippen LogP contribution in [-0.2, 0) is 20.3 Å². The Balaban J connectivity index is 1.66. The molecule has 14 heteroatoms. The third kappa shape index (κ3) is 5.80. The molecule has 5 aromatic rings. The number of anilines is 1. The number of carbonyl (C=O) groups is 2. The van der Waals surface area contributed by atoms with E-state index < -0.39 is 17.4 Å². The molecule has 0 radical (unpaired) electrons. The van der Waals surface area contributed by atoms with Crippen molar-refractivity contribution in [3.63, 3.8) is 0 Å². The number of benzene rings is 2. The van der Waals surface area contributed by atoms with E-state index in [1.165, 1.54) is 48.4 Å². The molecule has 0 amide bonds. The van der Waals surface area contributed by atoms with Crippen LogP contribution in [-0.4, -0.2) is 55.7 Å². The first-order valence-corrected chi connectivity index (χ1v) is 14.5. The molecule has 0 bridgehead atoms. The first-order valence-electron chi connectivity index (χ1n) is 13.7. The SMILES string of the molecule is COC(=O)c1cc(C(=O)OC)cc(-n2nc(C(C)(C)C)c(N=Nc3nc(C(C)(C)C)nn3-c3nc4ccccc4s3)c2N)c1. The summed E-state index contributed by atoms with van der Waals surface area (Å²) >= 11 is 1.46. The van der Waals surface area contributed by atoms with E-state index in [4.69, 9.17) is 35.4 Å². The second-order valence-corrected chi connectivity index (χ2v) is 13.1. The fourth-order valence-corrected chi connectivity index (χ4v) is 5.20. The molecule has 0 saturated heterocycles. The molecule has 0 spiro atoms. The van der Waals surface area contributed by atoms with Crippen molar-refractivity contribution >= 4 is 50.9 Å². The maximum absolute atomic E-state index is 12.4. The van der Waals surface area contributed by atoms with Gasteiger partial charge in [0.1, 0.15) is 0 Å². The number of nitrogens with two attached hydrogens (primary N) is 1. The van der Waals surface area contributed by atoms with Gasteiger partial charge in [-0.25, -0.2) is 19.3 Å². The Morgan fingerprint density at radius 3 is 2.05 bits per heavy atom. The average molecular weight is 616 g/mol. The zero-order chi connectivity index (χ0) is 32.0. The van der Waals surface area contributed by atoms with E-state index in [-0.39, 0.29) is 28.3 Å². The minimum atomic E-state index is -0.637. The molecular formula is C30H33N9O4S. The van der Waals surface area contributed by atoms with Gasteiger partial charge in [0.25, 0.3) is 5.95 Å². The number of nitrogens with zero attached hydrogens (tertiary/aromatic N) is 8. The summed E-state index contributed by atoms with van der Waals surface area (Å²) in [5, 5.41) is 19.2. The fourth-order valence-electron chi connectivity index (χ4n) is 4.29. The van der Waals surface area contributed by atoms with Crippen LogP contribution >= 0.6 is 11.3 Å². The van der Waals surface area contributed by atoms with Crippen LogP contribution < -0.4 is 5.73 Å². The largest absolute Gasteiger partial charge is 0.465 e. The van der Waals surface area contributed by atoms with E-state index in [1.807, 2.05) is 65.8 Å². The van der Waals surface area contributed by atoms with Crippen LogP contribution in [0.1, 0.15) is 73.8 Å². The van der Waals surface area contributed by atoms with Crippen LogP contribution in [0, 0.1) is 0 Å². The topological polar surface area (TPSA) is 165 Å². The molecule has 44 heavy (non-hydrogen) atoms.